The average Bonchev–Trinajstić information content (AvgIpc) is 2.30. The predicted octanol–water partition coefficient (Wildman–Crippen LogP) is 3.37. The highest BCUT2D eigenvalue weighted by Crippen LogP contribution is 2.35. The van der Waals surface area contributed by atoms with Gasteiger partial charge in [0.1, 0.15) is 0 Å². The first-order valence-corrected chi connectivity index (χ1v) is 6.50. The number of nitro groups is 1. The van der Waals surface area contributed by atoms with E-state index in [0.717, 1.165) is 22.0 Å². The molecule has 1 aliphatic heterocycles. The van der Waals surface area contributed by atoms with E-state index in [-0.39, 0.29) is 10.6 Å². The summed E-state index contributed by atoms with van der Waals surface area (Å²) >= 11 is 3.51. The second-order valence-electron chi connectivity index (χ2n) is 3.01. The van der Waals surface area contributed by atoms with Crippen molar-refractivity contribution in [3.05, 3.63) is 45.4 Å². The highest BCUT2D eigenvalue weighted by Gasteiger charge is 2.11. The zero-order chi connectivity index (χ0) is 10.7. The summed E-state index contributed by atoms with van der Waals surface area (Å²) in [5.41, 5.74) is 1.10. The lowest BCUT2D eigenvalue weighted by molar-refractivity contribution is -0.384. The predicted molar refractivity (Wildman–Crippen MR) is 66.0 cm³/mol. The normalized spacial score (nSPS) is 15.9. The Morgan fingerprint density at radius 1 is 1.33 bits per heavy atom. The van der Waals surface area contributed by atoms with Gasteiger partial charge in [-0.15, -0.1) is 23.5 Å². The van der Waals surface area contributed by atoms with E-state index in [1.54, 1.807) is 35.7 Å². The number of benzene rings is 1. The molecule has 0 spiro atoms. The van der Waals surface area contributed by atoms with Crippen LogP contribution in [0.5, 0.6) is 0 Å². The molecule has 1 aromatic rings. The van der Waals surface area contributed by atoms with Gasteiger partial charge >= 0.3 is 0 Å². The summed E-state index contributed by atoms with van der Waals surface area (Å²) in [5, 5.41) is 12.7. The van der Waals surface area contributed by atoms with Crippen molar-refractivity contribution < 1.29 is 4.92 Å². The largest absolute Gasteiger partial charge is 0.270 e. The third-order valence-corrected chi connectivity index (χ3v) is 4.31. The van der Waals surface area contributed by atoms with Crippen molar-refractivity contribution in [2.45, 2.75) is 0 Å². The second-order valence-corrected chi connectivity index (χ2v) is 5.12. The van der Waals surface area contributed by atoms with Crippen molar-refractivity contribution in [2.24, 2.45) is 0 Å². The topological polar surface area (TPSA) is 43.1 Å². The van der Waals surface area contributed by atoms with E-state index in [1.807, 2.05) is 6.07 Å². The lowest BCUT2D eigenvalue weighted by Crippen LogP contribution is -1.93. The van der Waals surface area contributed by atoms with Gasteiger partial charge in [0.05, 0.1) is 4.92 Å². The first-order chi connectivity index (χ1) is 7.27. The van der Waals surface area contributed by atoms with Crippen molar-refractivity contribution >= 4 is 34.1 Å². The van der Waals surface area contributed by atoms with Crippen LogP contribution in [0.2, 0.25) is 0 Å². The molecule has 0 aliphatic carbocycles. The van der Waals surface area contributed by atoms with Crippen molar-refractivity contribution in [3.63, 3.8) is 0 Å². The van der Waals surface area contributed by atoms with Crippen molar-refractivity contribution in [2.75, 3.05) is 11.5 Å². The van der Waals surface area contributed by atoms with E-state index in [9.17, 15) is 10.1 Å². The molecule has 0 amide bonds. The Bertz CT molecular complexity index is 418. The first-order valence-electron chi connectivity index (χ1n) is 4.47. The maximum Gasteiger partial charge on any atom is 0.270 e. The van der Waals surface area contributed by atoms with Crippen LogP contribution < -0.4 is 0 Å². The Kier molecular flexibility index (Phi) is 3.33. The number of nitro benzene ring substituents is 1. The van der Waals surface area contributed by atoms with E-state index in [0.29, 0.717) is 0 Å². The second kappa shape index (κ2) is 4.72. The molecule has 0 saturated carbocycles. The van der Waals surface area contributed by atoms with Crippen LogP contribution in [-0.4, -0.2) is 16.4 Å². The molecule has 5 heteroatoms. The van der Waals surface area contributed by atoms with Gasteiger partial charge in [0.15, 0.2) is 0 Å². The fraction of sp³-hybridized carbons (Fsp3) is 0.200. The van der Waals surface area contributed by atoms with Gasteiger partial charge in [-0.1, -0.05) is 12.1 Å². The number of non-ortho nitro benzene ring substituents is 1. The molecule has 15 heavy (non-hydrogen) atoms. The molecule has 1 heterocycles. The van der Waals surface area contributed by atoms with E-state index in [2.05, 4.69) is 5.41 Å². The van der Waals surface area contributed by atoms with Crippen LogP contribution in [0.3, 0.4) is 0 Å². The zero-order valence-corrected chi connectivity index (χ0v) is 9.51. The molecule has 0 unspecified atom stereocenters. The minimum absolute atomic E-state index is 0.157. The molecule has 0 radical (unpaired) electrons. The first kappa shape index (κ1) is 10.6. The van der Waals surface area contributed by atoms with Gasteiger partial charge in [0.25, 0.3) is 5.69 Å². The fourth-order valence-corrected chi connectivity index (χ4v) is 3.41. The van der Waals surface area contributed by atoms with Crippen LogP contribution in [0.1, 0.15) is 5.56 Å². The summed E-state index contributed by atoms with van der Waals surface area (Å²) in [6.45, 7) is 0. The Balaban J connectivity index is 2.31. The number of hydrogen-bond acceptors (Lipinski definition) is 4. The van der Waals surface area contributed by atoms with Gasteiger partial charge in [-0.05, 0) is 11.0 Å². The maximum atomic E-state index is 10.6. The maximum absolute atomic E-state index is 10.6. The van der Waals surface area contributed by atoms with Gasteiger partial charge in [-0.2, -0.15) is 0 Å². The highest BCUT2D eigenvalue weighted by atomic mass is 32.2. The summed E-state index contributed by atoms with van der Waals surface area (Å²) in [5.74, 6) is 2.18. The molecule has 0 saturated heterocycles. The Hall–Kier alpha value is -0.940. The average molecular weight is 239 g/mol. The van der Waals surface area contributed by atoms with Gasteiger partial charge in [-0.3, -0.25) is 10.1 Å². The smallest absolute Gasteiger partial charge is 0.258 e. The lowest BCUT2D eigenvalue weighted by Gasteiger charge is -2.11. The monoisotopic (exact) mass is 239 g/mol. The Morgan fingerprint density at radius 3 is 2.87 bits per heavy atom. The van der Waals surface area contributed by atoms with Crippen LogP contribution in [0, 0.1) is 10.1 Å². The number of thioether (sulfide) groups is 2. The summed E-state index contributed by atoms with van der Waals surface area (Å²) in [7, 11) is 0. The van der Waals surface area contributed by atoms with E-state index >= 15 is 0 Å². The van der Waals surface area contributed by atoms with Crippen LogP contribution in [-0.2, 0) is 0 Å². The number of rotatable bonds is 2. The van der Waals surface area contributed by atoms with Crippen LogP contribution in [0.15, 0.2) is 29.7 Å². The van der Waals surface area contributed by atoms with Crippen molar-refractivity contribution in [3.8, 4) is 0 Å². The molecule has 1 aromatic carbocycles. The molecule has 0 fully saturated rings. The minimum atomic E-state index is -0.356. The molecular formula is C10H9NO2S2. The quantitative estimate of drug-likeness (QED) is 0.586. The SMILES string of the molecule is O=[N+]([O-])c1cccc(C2=CSCCS2)c1. The number of hydrogen-bond donors (Lipinski definition) is 0. The molecular weight excluding hydrogens is 230 g/mol. The van der Waals surface area contributed by atoms with Gasteiger partial charge in [-0.25, -0.2) is 0 Å². The van der Waals surface area contributed by atoms with Crippen LogP contribution in [0.4, 0.5) is 5.69 Å². The summed E-state index contributed by atoms with van der Waals surface area (Å²) < 4.78 is 0. The van der Waals surface area contributed by atoms with Crippen LogP contribution in [0.25, 0.3) is 4.91 Å². The summed E-state index contributed by atoms with van der Waals surface area (Å²) in [4.78, 5) is 11.4. The van der Waals surface area contributed by atoms with E-state index in [4.69, 9.17) is 0 Å². The Labute approximate surface area is 96.1 Å². The van der Waals surface area contributed by atoms with Crippen LogP contribution >= 0.6 is 23.5 Å². The molecule has 2 rings (SSSR count). The standard InChI is InChI=1S/C10H9NO2S2/c12-11(13)9-3-1-2-8(6-9)10-7-14-4-5-15-10/h1-3,6-7H,4-5H2. The van der Waals surface area contributed by atoms with E-state index < -0.39 is 0 Å². The zero-order valence-electron chi connectivity index (χ0n) is 7.88. The molecule has 0 bridgehead atoms. The molecule has 78 valence electrons. The third kappa shape index (κ3) is 2.54. The molecule has 3 nitrogen and oxygen atoms in total. The summed E-state index contributed by atoms with van der Waals surface area (Å²) in [6.07, 6.45) is 0. The number of nitrogens with zero attached hydrogens (tertiary/aromatic N) is 1. The molecule has 0 N–H and O–H groups in total. The van der Waals surface area contributed by atoms with Crippen molar-refractivity contribution in [1.29, 1.82) is 0 Å². The minimum Gasteiger partial charge on any atom is -0.258 e. The van der Waals surface area contributed by atoms with Gasteiger partial charge in [0.2, 0.25) is 0 Å². The van der Waals surface area contributed by atoms with Crippen molar-refractivity contribution in [1.82, 2.24) is 0 Å². The highest BCUT2D eigenvalue weighted by molar-refractivity contribution is 8.13. The lowest BCUT2D eigenvalue weighted by atomic mass is 10.2. The third-order valence-electron chi connectivity index (χ3n) is 1.99. The van der Waals surface area contributed by atoms with Gasteiger partial charge in [0, 0.05) is 28.5 Å². The summed E-state index contributed by atoms with van der Waals surface area (Å²) in [6, 6.07) is 6.79. The fourth-order valence-electron chi connectivity index (χ4n) is 1.29. The van der Waals surface area contributed by atoms with E-state index in [1.165, 1.54) is 6.07 Å². The Morgan fingerprint density at radius 2 is 2.20 bits per heavy atom. The molecule has 1 aliphatic rings. The molecule has 0 atom stereocenters. The van der Waals surface area contributed by atoms with Gasteiger partial charge < -0.3 is 0 Å². The molecule has 0 aromatic heterocycles.